The molecule has 0 bridgehead atoms. The normalized spacial score (nSPS) is 10.4. The van der Waals surface area contributed by atoms with Crippen molar-refractivity contribution < 1.29 is 4.74 Å². The number of rotatable bonds is 7. The second-order valence-electron chi connectivity index (χ2n) is 4.19. The highest BCUT2D eigenvalue weighted by Crippen LogP contribution is 2.20. The predicted molar refractivity (Wildman–Crippen MR) is 80.6 cm³/mol. The summed E-state index contributed by atoms with van der Waals surface area (Å²) in [6.45, 7) is 4.42. The summed E-state index contributed by atoms with van der Waals surface area (Å²) in [6, 6.07) is 8.04. The first-order valence-corrected chi connectivity index (χ1v) is 7.22. The molecule has 0 atom stereocenters. The van der Waals surface area contributed by atoms with E-state index >= 15 is 0 Å². The molecule has 0 aliphatic carbocycles. The molecule has 1 aromatic heterocycles. The van der Waals surface area contributed by atoms with Crippen molar-refractivity contribution in [2.45, 2.75) is 19.9 Å². The highest BCUT2D eigenvalue weighted by Gasteiger charge is 2.00. The molecule has 5 heteroatoms. The number of nitrogens with zero attached hydrogens (tertiary/aromatic N) is 2. The zero-order chi connectivity index (χ0) is 13.5. The zero-order valence-electron chi connectivity index (χ0n) is 11.0. The minimum Gasteiger partial charge on any atom is -0.488 e. The second kappa shape index (κ2) is 7.19. The Hall–Kier alpha value is -1.49. The summed E-state index contributed by atoms with van der Waals surface area (Å²) >= 11 is 3.50. The van der Waals surface area contributed by atoms with Crippen molar-refractivity contribution in [2.75, 3.05) is 18.5 Å². The van der Waals surface area contributed by atoms with E-state index in [0.717, 1.165) is 35.4 Å². The van der Waals surface area contributed by atoms with Crippen molar-refractivity contribution in [1.82, 2.24) is 9.78 Å². The third-order valence-electron chi connectivity index (χ3n) is 2.62. The number of para-hydroxylation sites is 1. The van der Waals surface area contributed by atoms with E-state index in [1.165, 1.54) is 0 Å². The Labute approximate surface area is 121 Å². The summed E-state index contributed by atoms with van der Waals surface area (Å²) in [5.41, 5.74) is 1.08. The highest BCUT2D eigenvalue weighted by molar-refractivity contribution is 9.10. The molecule has 1 aromatic carbocycles. The van der Waals surface area contributed by atoms with Crippen LogP contribution in [0.5, 0.6) is 5.75 Å². The Balaban J connectivity index is 1.73. The fraction of sp³-hybridized carbons (Fsp3) is 0.357. The molecule has 1 heterocycles. The number of ether oxygens (including phenoxy) is 1. The van der Waals surface area contributed by atoms with Gasteiger partial charge in [0.25, 0.3) is 0 Å². The summed E-state index contributed by atoms with van der Waals surface area (Å²) < 4.78 is 8.59. The maximum atomic E-state index is 5.63. The Kier molecular flexibility index (Phi) is 5.27. The fourth-order valence-electron chi connectivity index (χ4n) is 1.73. The first-order chi connectivity index (χ1) is 9.29. The van der Waals surface area contributed by atoms with Crippen LogP contribution in [-0.2, 0) is 6.54 Å². The van der Waals surface area contributed by atoms with Gasteiger partial charge in [-0.3, -0.25) is 4.68 Å². The van der Waals surface area contributed by atoms with Gasteiger partial charge in [0.15, 0.2) is 5.75 Å². The van der Waals surface area contributed by atoms with Crippen LogP contribution in [0.15, 0.2) is 41.1 Å². The largest absolute Gasteiger partial charge is 0.488 e. The van der Waals surface area contributed by atoms with Crippen LogP contribution in [0.4, 0.5) is 5.69 Å². The standard InChI is InChI=1S/C14H18BrN3O/c1-2-8-18-11-12(10-17-18)19-9-7-16-14-6-4-3-5-13(14)15/h3-6,10-11,16H,2,7-9H2,1H3. The van der Waals surface area contributed by atoms with Crippen LogP contribution in [0.3, 0.4) is 0 Å². The van der Waals surface area contributed by atoms with E-state index in [-0.39, 0.29) is 0 Å². The van der Waals surface area contributed by atoms with Gasteiger partial charge in [0, 0.05) is 23.2 Å². The van der Waals surface area contributed by atoms with Gasteiger partial charge < -0.3 is 10.1 Å². The molecule has 2 rings (SSSR count). The van der Waals surface area contributed by atoms with E-state index in [9.17, 15) is 0 Å². The fourth-order valence-corrected chi connectivity index (χ4v) is 2.15. The molecule has 0 spiro atoms. The second-order valence-corrected chi connectivity index (χ2v) is 5.05. The van der Waals surface area contributed by atoms with E-state index in [1.54, 1.807) is 6.20 Å². The molecule has 0 fully saturated rings. The number of nitrogens with one attached hydrogen (secondary N) is 1. The molecule has 0 aliphatic rings. The minimum absolute atomic E-state index is 0.610. The molecule has 19 heavy (non-hydrogen) atoms. The van der Waals surface area contributed by atoms with Crippen molar-refractivity contribution in [3.63, 3.8) is 0 Å². The molecule has 0 unspecified atom stereocenters. The lowest BCUT2D eigenvalue weighted by Crippen LogP contribution is -2.11. The number of benzene rings is 1. The number of anilines is 1. The van der Waals surface area contributed by atoms with Gasteiger partial charge in [-0.25, -0.2) is 0 Å². The van der Waals surface area contributed by atoms with Gasteiger partial charge >= 0.3 is 0 Å². The van der Waals surface area contributed by atoms with Crippen molar-refractivity contribution in [1.29, 1.82) is 0 Å². The van der Waals surface area contributed by atoms with Gasteiger partial charge in [-0.05, 0) is 34.5 Å². The molecule has 102 valence electrons. The number of hydrogen-bond acceptors (Lipinski definition) is 3. The van der Waals surface area contributed by atoms with Crippen molar-refractivity contribution in [2.24, 2.45) is 0 Å². The summed E-state index contributed by atoms with van der Waals surface area (Å²) in [4.78, 5) is 0. The van der Waals surface area contributed by atoms with Crippen LogP contribution in [0.2, 0.25) is 0 Å². The molecule has 0 saturated heterocycles. The first-order valence-electron chi connectivity index (χ1n) is 6.43. The SMILES string of the molecule is CCCn1cc(OCCNc2ccccc2Br)cn1. The average molecular weight is 324 g/mol. The lowest BCUT2D eigenvalue weighted by atomic mass is 10.3. The van der Waals surface area contributed by atoms with E-state index < -0.39 is 0 Å². The Morgan fingerprint density at radius 3 is 3.00 bits per heavy atom. The monoisotopic (exact) mass is 323 g/mol. The maximum Gasteiger partial charge on any atom is 0.157 e. The smallest absolute Gasteiger partial charge is 0.157 e. The van der Waals surface area contributed by atoms with E-state index in [0.29, 0.717) is 6.61 Å². The molecule has 0 amide bonds. The molecule has 2 aromatic rings. The van der Waals surface area contributed by atoms with Gasteiger partial charge in [-0.1, -0.05) is 19.1 Å². The van der Waals surface area contributed by atoms with Crippen LogP contribution >= 0.6 is 15.9 Å². The first kappa shape index (κ1) is 13.9. The third-order valence-corrected chi connectivity index (χ3v) is 3.31. The quantitative estimate of drug-likeness (QED) is 0.792. The lowest BCUT2D eigenvalue weighted by molar-refractivity contribution is 0.332. The van der Waals surface area contributed by atoms with Crippen molar-refractivity contribution >= 4 is 21.6 Å². The molecule has 0 aliphatic heterocycles. The van der Waals surface area contributed by atoms with E-state index in [2.05, 4.69) is 33.3 Å². The van der Waals surface area contributed by atoms with Crippen LogP contribution in [0.25, 0.3) is 0 Å². The maximum absolute atomic E-state index is 5.63. The van der Waals surface area contributed by atoms with Gasteiger partial charge in [0.2, 0.25) is 0 Å². The van der Waals surface area contributed by atoms with Crippen LogP contribution in [0, 0.1) is 0 Å². The average Bonchev–Trinajstić information content (AvgIpc) is 2.85. The number of aryl methyl sites for hydroxylation is 1. The Bertz CT molecular complexity index is 513. The van der Waals surface area contributed by atoms with Gasteiger partial charge in [0.05, 0.1) is 12.4 Å². The predicted octanol–water partition coefficient (Wildman–Crippen LogP) is 3.55. The van der Waals surface area contributed by atoms with E-state index in [4.69, 9.17) is 4.74 Å². The molecule has 1 N–H and O–H groups in total. The number of aromatic nitrogens is 2. The summed E-state index contributed by atoms with van der Waals surface area (Å²) in [6.07, 6.45) is 4.76. The Morgan fingerprint density at radius 1 is 1.37 bits per heavy atom. The van der Waals surface area contributed by atoms with E-state index in [1.807, 2.05) is 35.1 Å². The van der Waals surface area contributed by atoms with Gasteiger partial charge in [0.1, 0.15) is 6.61 Å². The topological polar surface area (TPSA) is 39.1 Å². The molecule has 0 saturated carbocycles. The zero-order valence-corrected chi connectivity index (χ0v) is 12.6. The van der Waals surface area contributed by atoms with Crippen LogP contribution < -0.4 is 10.1 Å². The number of halogens is 1. The molecule has 4 nitrogen and oxygen atoms in total. The summed E-state index contributed by atoms with van der Waals surface area (Å²) in [7, 11) is 0. The molecular weight excluding hydrogens is 306 g/mol. The molecular formula is C14H18BrN3O. The van der Waals surface area contributed by atoms with Crippen LogP contribution in [0.1, 0.15) is 13.3 Å². The van der Waals surface area contributed by atoms with Gasteiger partial charge in [-0.2, -0.15) is 5.10 Å². The molecule has 0 radical (unpaired) electrons. The van der Waals surface area contributed by atoms with Gasteiger partial charge in [-0.15, -0.1) is 0 Å². The van der Waals surface area contributed by atoms with Crippen molar-refractivity contribution in [3.8, 4) is 5.75 Å². The summed E-state index contributed by atoms with van der Waals surface area (Å²) in [5, 5.41) is 7.54. The third kappa shape index (κ3) is 4.28. The minimum atomic E-state index is 0.610. The Morgan fingerprint density at radius 2 is 2.21 bits per heavy atom. The number of hydrogen-bond donors (Lipinski definition) is 1. The highest BCUT2D eigenvalue weighted by atomic mass is 79.9. The van der Waals surface area contributed by atoms with Crippen molar-refractivity contribution in [3.05, 3.63) is 41.1 Å². The van der Waals surface area contributed by atoms with Crippen LogP contribution in [-0.4, -0.2) is 22.9 Å². The lowest BCUT2D eigenvalue weighted by Gasteiger charge is -2.08. The summed E-state index contributed by atoms with van der Waals surface area (Å²) in [5.74, 6) is 0.822.